The molecule has 0 aliphatic heterocycles. The van der Waals surface area contributed by atoms with Gasteiger partial charge in [0.25, 0.3) is 0 Å². The molecule has 0 heterocycles. The molecule has 1 aliphatic rings. The molecule has 1 atom stereocenters. The zero-order valence-corrected chi connectivity index (χ0v) is 12.1. The Balaban J connectivity index is 1.99. The number of hydrogen-bond acceptors (Lipinski definition) is 1. The minimum atomic E-state index is 0.132. The number of benzene rings is 1. The molecule has 18 heavy (non-hydrogen) atoms. The summed E-state index contributed by atoms with van der Waals surface area (Å²) in [6, 6.07) is 5.68. The molecule has 1 fully saturated rings. The van der Waals surface area contributed by atoms with Gasteiger partial charge in [0.1, 0.15) is 0 Å². The first-order valence-corrected chi connectivity index (χ1v) is 6.94. The lowest BCUT2D eigenvalue weighted by Gasteiger charge is -2.25. The molecule has 1 aliphatic carbocycles. The summed E-state index contributed by atoms with van der Waals surface area (Å²) in [6.45, 7) is 2.12. The molecule has 4 heteroatoms. The van der Waals surface area contributed by atoms with Gasteiger partial charge in [0.05, 0.1) is 16.5 Å². The average Bonchev–Trinajstić information content (AvgIpc) is 3.16. The number of carbonyl (C=O) groups is 1. The van der Waals surface area contributed by atoms with Crippen molar-refractivity contribution in [2.75, 3.05) is 7.05 Å². The van der Waals surface area contributed by atoms with Crippen molar-refractivity contribution in [2.24, 2.45) is 5.92 Å². The third kappa shape index (κ3) is 3.18. The van der Waals surface area contributed by atoms with E-state index in [-0.39, 0.29) is 5.91 Å². The summed E-state index contributed by atoms with van der Waals surface area (Å²) in [7, 11) is 1.88. The molecular weight excluding hydrogens is 269 g/mol. The van der Waals surface area contributed by atoms with E-state index in [2.05, 4.69) is 6.92 Å². The minimum absolute atomic E-state index is 0.132. The fourth-order valence-electron chi connectivity index (χ4n) is 2.07. The van der Waals surface area contributed by atoms with E-state index in [9.17, 15) is 4.79 Å². The third-order valence-electron chi connectivity index (χ3n) is 3.65. The van der Waals surface area contributed by atoms with Gasteiger partial charge in [0.15, 0.2) is 0 Å². The number of rotatable bonds is 4. The van der Waals surface area contributed by atoms with Gasteiger partial charge in [-0.25, -0.2) is 0 Å². The molecule has 0 bridgehead atoms. The highest BCUT2D eigenvalue weighted by atomic mass is 35.5. The fourth-order valence-corrected chi connectivity index (χ4v) is 2.39. The molecule has 0 N–H and O–H groups in total. The van der Waals surface area contributed by atoms with E-state index in [4.69, 9.17) is 23.2 Å². The zero-order chi connectivity index (χ0) is 13.3. The van der Waals surface area contributed by atoms with Crippen LogP contribution in [-0.2, 0) is 11.2 Å². The van der Waals surface area contributed by atoms with E-state index in [1.807, 2.05) is 18.0 Å². The molecule has 1 unspecified atom stereocenters. The molecule has 0 spiro atoms. The zero-order valence-electron chi connectivity index (χ0n) is 10.6. The molecular formula is C14H17Cl2NO. The van der Waals surface area contributed by atoms with E-state index in [1.54, 1.807) is 12.1 Å². The van der Waals surface area contributed by atoms with Gasteiger partial charge >= 0.3 is 0 Å². The lowest BCUT2D eigenvalue weighted by Crippen LogP contribution is -2.37. The van der Waals surface area contributed by atoms with Gasteiger partial charge in [-0.05, 0) is 43.4 Å². The molecule has 1 saturated carbocycles. The SMILES string of the molecule is CC(C1CC1)N(C)C(=O)Cc1ccc(Cl)c(Cl)c1. The molecule has 1 aromatic rings. The molecule has 0 saturated heterocycles. The van der Waals surface area contributed by atoms with Crippen molar-refractivity contribution >= 4 is 29.1 Å². The highest BCUT2D eigenvalue weighted by Gasteiger charge is 2.32. The summed E-state index contributed by atoms with van der Waals surface area (Å²) >= 11 is 11.8. The lowest BCUT2D eigenvalue weighted by molar-refractivity contribution is -0.131. The number of hydrogen-bond donors (Lipinski definition) is 0. The smallest absolute Gasteiger partial charge is 0.226 e. The van der Waals surface area contributed by atoms with Gasteiger partial charge < -0.3 is 4.90 Å². The van der Waals surface area contributed by atoms with Crippen molar-refractivity contribution in [3.8, 4) is 0 Å². The van der Waals surface area contributed by atoms with Crippen LogP contribution in [0, 0.1) is 5.92 Å². The number of likely N-dealkylation sites (N-methyl/N-ethyl adjacent to an activating group) is 1. The van der Waals surface area contributed by atoms with Crippen molar-refractivity contribution < 1.29 is 4.79 Å². The quantitative estimate of drug-likeness (QED) is 0.824. The number of halogens is 2. The van der Waals surface area contributed by atoms with Crippen LogP contribution < -0.4 is 0 Å². The van der Waals surface area contributed by atoms with Gasteiger partial charge in [-0.15, -0.1) is 0 Å². The van der Waals surface area contributed by atoms with Crippen molar-refractivity contribution in [1.82, 2.24) is 4.90 Å². The summed E-state index contributed by atoms with van der Waals surface area (Å²) in [5.41, 5.74) is 0.907. The number of amides is 1. The largest absolute Gasteiger partial charge is 0.342 e. The van der Waals surface area contributed by atoms with Crippen molar-refractivity contribution in [3.05, 3.63) is 33.8 Å². The molecule has 0 aromatic heterocycles. The minimum Gasteiger partial charge on any atom is -0.342 e. The van der Waals surface area contributed by atoms with Crippen molar-refractivity contribution in [2.45, 2.75) is 32.2 Å². The summed E-state index contributed by atoms with van der Waals surface area (Å²) in [5, 5.41) is 1.02. The van der Waals surface area contributed by atoms with Crippen molar-refractivity contribution in [3.63, 3.8) is 0 Å². The second kappa shape index (κ2) is 5.50. The van der Waals surface area contributed by atoms with Crippen LogP contribution in [0.4, 0.5) is 0 Å². The van der Waals surface area contributed by atoms with Crippen molar-refractivity contribution in [1.29, 1.82) is 0 Å². The highest BCUT2D eigenvalue weighted by molar-refractivity contribution is 6.42. The van der Waals surface area contributed by atoms with E-state index in [0.29, 0.717) is 28.4 Å². The van der Waals surface area contributed by atoms with Crippen LogP contribution in [0.15, 0.2) is 18.2 Å². The van der Waals surface area contributed by atoms with E-state index < -0.39 is 0 Å². The van der Waals surface area contributed by atoms with Gasteiger partial charge in [-0.1, -0.05) is 29.3 Å². The van der Waals surface area contributed by atoms with Gasteiger partial charge in [0, 0.05) is 13.1 Å². The Labute approximate surface area is 118 Å². The predicted octanol–water partition coefficient (Wildman–Crippen LogP) is 3.79. The lowest BCUT2D eigenvalue weighted by atomic mass is 10.1. The second-order valence-corrected chi connectivity index (χ2v) is 5.82. The number of nitrogens with zero attached hydrogens (tertiary/aromatic N) is 1. The average molecular weight is 286 g/mol. The van der Waals surface area contributed by atoms with Crippen LogP contribution in [0.1, 0.15) is 25.3 Å². The van der Waals surface area contributed by atoms with Crippen LogP contribution in [-0.4, -0.2) is 23.9 Å². The maximum absolute atomic E-state index is 12.1. The van der Waals surface area contributed by atoms with Crippen LogP contribution in [0.3, 0.4) is 0 Å². The molecule has 2 nitrogen and oxygen atoms in total. The van der Waals surface area contributed by atoms with Gasteiger partial charge in [-0.3, -0.25) is 4.79 Å². The standard InChI is InChI=1S/C14H17Cl2NO/c1-9(11-4-5-11)17(2)14(18)8-10-3-6-12(15)13(16)7-10/h3,6-7,9,11H,4-5,8H2,1-2H3. The molecule has 0 radical (unpaired) electrons. The Kier molecular flexibility index (Phi) is 4.18. The molecule has 1 amide bonds. The summed E-state index contributed by atoms with van der Waals surface area (Å²) < 4.78 is 0. The predicted molar refractivity (Wildman–Crippen MR) is 75.1 cm³/mol. The molecule has 1 aromatic carbocycles. The monoisotopic (exact) mass is 285 g/mol. The van der Waals surface area contributed by atoms with Crippen LogP contribution in [0.25, 0.3) is 0 Å². The Morgan fingerprint density at radius 1 is 1.39 bits per heavy atom. The molecule has 2 rings (SSSR count). The van der Waals surface area contributed by atoms with Gasteiger partial charge in [0.2, 0.25) is 5.91 Å². The molecule has 98 valence electrons. The normalized spacial score (nSPS) is 16.4. The Hall–Kier alpha value is -0.730. The third-order valence-corrected chi connectivity index (χ3v) is 4.39. The number of carbonyl (C=O) groups excluding carboxylic acids is 1. The van der Waals surface area contributed by atoms with Crippen LogP contribution in [0.2, 0.25) is 10.0 Å². The van der Waals surface area contributed by atoms with E-state index in [1.165, 1.54) is 12.8 Å². The first kappa shape index (κ1) is 13.7. The summed E-state index contributed by atoms with van der Waals surface area (Å²) in [5.74, 6) is 0.820. The maximum Gasteiger partial charge on any atom is 0.226 e. The van der Waals surface area contributed by atoms with Gasteiger partial charge in [-0.2, -0.15) is 0 Å². The van der Waals surface area contributed by atoms with Crippen LogP contribution in [0.5, 0.6) is 0 Å². The Bertz CT molecular complexity index is 457. The Morgan fingerprint density at radius 3 is 2.61 bits per heavy atom. The first-order valence-electron chi connectivity index (χ1n) is 6.18. The fraction of sp³-hybridized carbons (Fsp3) is 0.500. The highest BCUT2D eigenvalue weighted by Crippen LogP contribution is 2.34. The summed E-state index contributed by atoms with van der Waals surface area (Å²) in [4.78, 5) is 14.0. The second-order valence-electron chi connectivity index (χ2n) is 5.01. The maximum atomic E-state index is 12.1. The van der Waals surface area contributed by atoms with E-state index >= 15 is 0 Å². The summed E-state index contributed by atoms with van der Waals surface area (Å²) in [6.07, 6.45) is 2.86. The topological polar surface area (TPSA) is 20.3 Å². The van der Waals surface area contributed by atoms with Crippen LogP contribution >= 0.6 is 23.2 Å². The Morgan fingerprint density at radius 2 is 2.06 bits per heavy atom. The van der Waals surface area contributed by atoms with E-state index in [0.717, 1.165) is 5.56 Å². The first-order chi connectivity index (χ1) is 8.49.